The summed E-state index contributed by atoms with van der Waals surface area (Å²) in [5, 5.41) is 3.27. The standard InChI is InChI=1S/C18H14BrN3O3S/c19-15-7-6-13(25-15)16(23)21-18-20-12-8-9-22(10-14(12)26-18)17(24)11-4-2-1-3-5-11/h1-7H,8-10H2,(H,20,21,23). The fraction of sp³-hybridized carbons (Fsp3) is 0.167. The van der Waals surface area contributed by atoms with Gasteiger partial charge >= 0.3 is 0 Å². The molecule has 3 heterocycles. The van der Waals surface area contributed by atoms with Crippen LogP contribution in [0, 0.1) is 0 Å². The number of fused-ring (bicyclic) bond motifs is 1. The fourth-order valence-electron chi connectivity index (χ4n) is 2.78. The van der Waals surface area contributed by atoms with Crippen molar-refractivity contribution in [2.24, 2.45) is 0 Å². The molecule has 1 aromatic carbocycles. The van der Waals surface area contributed by atoms with E-state index >= 15 is 0 Å². The number of furan rings is 1. The van der Waals surface area contributed by atoms with E-state index in [1.807, 2.05) is 35.2 Å². The third kappa shape index (κ3) is 3.42. The maximum atomic E-state index is 12.6. The lowest BCUT2D eigenvalue weighted by Crippen LogP contribution is -2.35. The highest BCUT2D eigenvalue weighted by Crippen LogP contribution is 2.29. The molecule has 6 nitrogen and oxygen atoms in total. The predicted molar refractivity (Wildman–Crippen MR) is 101 cm³/mol. The average molecular weight is 432 g/mol. The molecule has 4 rings (SSSR count). The molecule has 2 aromatic heterocycles. The molecule has 0 saturated carbocycles. The normalized spacial score (nSPS) is 13.3. The highest BCUT2D eigenvalue weighted by atomic mass is 79.9. The van der Waals surface area contributed by atoms with Crippen LogP contribution in [0.2, 0.25) is 0 Å². The van der Waals surface area contributed by atoms with Gasteiger partial charge in [0.2, 0.25) is 0 Å². The van der Waals surface area contributed by atoms with Gasteiger partial charge in [-0.15, -0.1) is 0 Å². The van der Waals surface area contributed by atoms with Crippen LogP contribution in [0.25, 0.3) is 0 Å². The Balaban J connectivity index is 1.47. The summed E-state index contributed by atoms with van der Waals surface area (Å²) in [4.78, 5) is 32.1. The molecule has 3 aromatic rings. The number of thiazole rings is 1. The lowest BCUT2D eigenvalue weighted by Gasteiger charge is -2.26. The Morgan fingerprint density at radius 2 is 2.00 bits per heavy atom. The minimum Gasteiger partial charge on any atom is -0.444 e. The summed E-state index contributed by atoms with van der Waals surface area (Å²) >= 11 is 4.57. The van der Waals surface area contributed by atoms with E-state index in [4.69, 9.17) is 4.42 Å². The summed E-state index contributed by atoms with van der Waals surface area (Å²) < 4.78 is 5.74. The van der Waals surface area contributed by atoms with E-state index in [1.54, 1.807) is 12.1 Å². The van der Waals surface area contributed by atoms with Crippen LogP contribution in [0.3, 0.4) is 0 Å². The Kier molecular flexibility index (Phi) is 4.60. The van der Waals surface area contributed by atoms with Crippen molar-refractivity contribution in [2.75, 3.05) is 11.9 Å². The van der Waals surface area contributed by atoms with Crippen molar-refractivity contribution in [2.45, 2.75) is 13.0 Å². The molecule has 1 N–H and O–H groups in total. The molecule has 0 bridgehead atoms. The molecule has 0 aliphatic carbocycles. The molecule has 0 spiro atoms. The first-order chi connectivity index (χ1) is 12.6. The number of benzene rings is 1. The van der Waals surface area contributed by atoms with Crippen LogP contribution in [0.1, 0.15) is 31.5 Å². The number of halogens is 1. The van der Waals surface area contributed by atoms with Gasteiger partial charge in [0.1, 0.15) is 0 Å². The summed E-state index contributed by atoms with van der Waals surface area (Å²) in [6, 6.07) is 12.5. The molecule has 8 heteroatoms. The van der Waals surface area contributed by atoms with Crippen LogP contribution >= 0.6 is 27.3 Å². The Bertz CT molecular complexity index is 967. The molecule has 1 aliphatic heterocycles. The molecule has 1 aliphatic rings. The Labute approximate surface area is 162 Å². The lowest BCUT2D eigenvalue weighted by atomic mass is 10.1. The van der Waals surface area contributed by atoms with Gasteiger partial charge in [0, 0.05) is 23.4 Å². The van der Waals surface area contributed by atoms with Gasteiger partial charge in [-0.1, -0.05) is 29.5 Å². The second kappa shape index (κ2) is 7.05. The van der Waals surface area contributed by atoms with Crippen molar-refractivity contribution < 1.29 is 14.0 Å². The summed E-state index contributed by atoms with van der Waals surface area (Å²) in [6.45, 7) is 1.12. The zero-order chi connectivity index (χ0) is 18.1. The van der Waals surface area contributed by atoms with E-state index < -0.39 is 0 Å². The number of aromatic nitrogens is 1. The first-order valence-electron chi connectivity index (χ1n) is 8.00. The van der Waals surface area contributed by atoms with Crippen molar-refractivity contribution in [3.8, 4) is 0 Å². The number of rotatable bonds is 3. The van der Waals surface area contributed by atoms with Gasteiger partial charge in [-0.25, -0.2) is 4.98 Å². The second-order valence-corrected chi connectivity index (χ2v) is 7.65. The third-order valence-electron chi connectivity index (χ3n) is 4.06. The molecule has 0 radical (unpaired) electrons. The van der Waals surface area contributed by atoms with Crippen molar-refractivity contribution in [1.29, 1.82) is 0 Å². The van der Waals surface area contributed by atoms with Crippen LogP contribution in [0.4, 0.5) is 5.13 Å². The van der Waals surface area contributed by atoms with Gasteiger partial charge < -0.3 is 9.32 Å². The van der Waals surface area contributed by atoms with Gasteiger partial charge in [-0.05, 0) is 40.2 Å². The number of nitrogens with zero attached hydrogens (tertiary/aromatic N) is 2. The quantitative estimate of drug-likeness (QED) is 0.680. The zero-order valence-electron chi connectivity index (χ0n) is 13.6. The topological polar surface area (TPSA) is 75.4 Å². The van der Waals surface area contributed by atoms with E-state index in [1.165, 1.54) is 11.3 Å². The lowest BCUT2D eigenvalue weighted by molar-refractivity contribution is 0.0736. The molecule has 132 valence electrons. The number of anilines is 1. The van der Waals surface area contributed by atoms with Crippen molar-refractivity contribution in [3.63, 3.8) is 0 Å². The average Bonchev–Trinajstić information content (AvgIpc) is 3.26. The molecule has 0 atom stereocenters. The monoisotopic (exact) mass is 431 g/mol. The summed E-state index contributed by atoms with van der Waals surface area (Å²) in [7, 11) is 0. The molecule has 0 fully saturated rings. The molecular weight excluding hydrogens is 418 g/mol. The summed E-state index contributed by atoms with van der Waals surface area (Å²) in [6.07, 6.45) is 0.673. The molecular formula is C18H14BrN3O3S. The first kappa shape index (κ1) is 17.0. The highest BCUT2D eigenvalue weighted by Gasteiger charge is 2.25. The van der Waals surface area contributed by atoms with Crippen molar-refractivity contribution >= 4 is 44.2 Å². The SMILES string of the molecule is O=C(Nc1nc2c(s1)CN(C(=O)c1ccccc1)CC2)c1ccc(Br)o1. The van der Waals surface area contributed by atoms with Gasteiger partial charge in [0.05, 0.1) is 12.2 Å². The minimum atomic E-state index is -0.348. The van der Waals surface area contributed by atoms with Gasteiger partial charge in [0.25, 0.3) is 11.8 Å². The maximum absolute atomic E-state index is 12.6. The summed E-state index contributed by atoms with van der Waals surface area (Å²) in [5.41, 5.74) is 1.61. The third-order valence-corrected chi connectivity index (χ3v) is 5.48. The molecule has 2 amide bonds. The predicted octanol–water partition coefficient (Wildman–Crippen LogP) is 3.95. The van der Waals surface area contributed by atoms with Gasteiger partial charge in [-0.2, -0.15) is 0 Å². The van der Waals surface area contributed by atoms with E-state index in [-0.39, 0.29) is 17.6 Å². The van der Waals surface area contributed by atoms with E-state index in [0.29, 0.717) is 34.9 Å². The molecule has 26 heavy (non-hydrogen) atoms. The Morgan fingerprint density at radius 1 is 1.19 bits per heavy atom. The zero-order valence-corrected chi connectivity index (χ0v) is 16.0. The maximum Gasteiger partial charge on any atom is 0.293 e. The first-order valence-corrected chi connectivity index (χ1v) is 9.60. The van der Waals surface area contributed by atoms with Crippen LogP contribution in [-0.4, -0.2) is 28.2 Å². The van der Waals surface area contributed by atoms with Crippen LogP contribution < -0.4 is 5.32 Å². The number of amides is 2. The van der Waals surface area contributed by atoms with E-state index in [2.05, 4.69) is 26.2 Å². The number of carbonyl (C=O) groups excluding carboxylic acids is 2. The second-order valence-electron chi connectivity index (χ2n) is 5.79. The minimum absolute atomic E-state index is 0.00988. The van der Waals surface area contributed by atoms with E-state index in [0.717, 1.165) is 10.6 Å². The molecule has 0 saturated heterocycles. The highest BCUT2D eigenvalue weighted by molar-refractivity contribution is 9.10. The smallest absolute Gasteiger partial charge is 0.293 e. The summed E-state index contributed by atoms with van der Waals surface area (Å²) in [5.74, 6) is -0.124. The van der Waals surface area contributed by atoms with Gasteiger partial charge in [-0.3, -0.25) is 14.9 Å². The number of nitrogens with one attached hydrogen (secondary N) is 1. The van der Waals surface area contributed by atoms with Crippen LogP contribution in [0.5, 0.6) is 0 Å². The Hall–Kier alpha value is -2.45. The van der Waals surface area contributed by atoms with Crippen LogP contribution in [0.15, 0.2) is 51.6 Å². The van der Waals surface area contributed by atoms with Gasteiger partial charge in [0.15, 0.2) is 15.6 Å². The largest absolute Gasteiger partial charge is 0.444 e. The number of hydrogen-bond donors (Lipinski definition) is 1. The number of carbonyl (C=O) groups is 2. The number of hydrogen-bond acceptors (Lipinski definition) is 5. The van der Waals surface area contributed by atoms with Crippen molar-refractivity contribution in [1.82, 2.24) is 9.88 Å². The van der Waals surface area contributed by atoms with Crippen LogP contribution in [-0.2, 0) is 13.0 Å². The Morgan fingerprint density at radius 3 is 2.73 bits per heavy atom. The van der Waals surface area contributed by atoms with E-state index in [9.17, 15) is 9.59 Å². The van der Waals surface area contributed by atoms with Crippen molar-refractivity contribution in [3.05, 3.63) is 69.0 Å². The fourth-order valence-corrected chi connectivity index (χ4v) is 4.11. The molecule has 0 unspecified atom stereocenters.